The zero-order chi connectivity index (χ0) is 22.5. The third-order valence-corrected chi connectivity index (χ3v) is 5.56. The molecule has 0 bridgehead atoms. The number of piperidine rings is 1. The van der Waals surface area contributed by atoms with Crippen LogP contribution in [0.3, 0.4) is 0 Å². The van der Waals surface area contributed by atoms with Crippen molar-refractivity contribution in [3.63, 3.8) is 0 Å². The van der Waals surface area contributed by atoms with E-state index < -0.39 is 17.5 Å². The molecule has 5 nitrogen and oxygen atoms in total. The smallest absolute Gasteiger partial charge is 0.256 e. The lowest BCUT2D eigenvalue weighted by Gasteiger charge is -2.33. The Morgan fingerprint density at radius 1 is 1.06 bits per heavy atom. The number of amides is 2. The predicted molar refractivity (Wildman–Crippen MR) is 114 cm³/mol. The van der Waals surface area contributed by atoms with Crippen LogP contribution in [0.15, 0.2) is 36.4 Å². The average molecular weight is 430 g/mol. The molecule has 3 rings (SSSR count). The predicted octanol–water partition coefficient (Wildman–Crippen LogP) is 3.97. The van der Waals surface area contributed by atoms with Gasteiger partial charge in [-0.25, -0.2) is 8.78 Å². The Bertz CT molecular complexity index is 936. The SMILES string of the molecule is Cc1cc(C)cc(OCCN(C)C(=O)C2CCN(C(=O)c3ccc(F)cc3F)CC2)c1. The van der Waals surface area contributed by atoms with Gasteiger partial charge in [0.1, 0.15) is 24.0 Å². The molecule has 2 aromatic carbocycles. The normalized spacial score (nSPS) is 14.4. The Labute approximate surface area is 181 Å². The standard InChI is InChI=1S/C24H28F2N2O3/c1-16-12-17(2)14-20(13-16)31-11-10-27(3)23(29)18-6-8-28(9-7-18)24(30)21-5-4-19(25)15-22(21)26/h4-5,12-15,18H,6-11H2,1-3H3. The average Bonchev–Trinajstić information content (AvgIpc) is 2.72. The molecular formula is C24H28F2N2O3. The van der Waals surface area contributed by atoms with Gasteiger partial charge in [0.2, 0.25) is 5.91 Å². The summed E-state index contributed by atoms with van der Waals surface area (Å²) in [5, 5.41) is 0. The van der Waals surface area contributed by atoms with Crippen molar-refractivity contribution in [2.75, 3.05) is 33.3 Å². The van der Waals surface area contributed by atoms with Crippen LogP contribution < -0.4 is 4.74 Å². The van der Waals surface area contributed by atoms with Crippen LogP contribution in [0, 0.1) is 31.4 Å². The number of carbonyl (C=O) groups excluding carboxylic acids is 2. The van der Waals surface area contributed by atoms with Crippen molar-refractivity contribution in [1.29, 1.82) is 0 Å². The number of aryl methyl sites for hydroxylation is 2. The molecule has 166 valence electrons. The molecule has 31 heavy (non-hydrogen) atoms. The molecule has 0 aromatic heterocycles. The van der Waals surface area contributed by atoms with Crippen LogP contribution in [0.25, 0.3) is 0 Å². The second kappa shape index (κ2) is 9.90. The van der Waals surface area contributed by atoms with E-state index in [1.807, 2.05) is 26.0 Å². The fraction of sp³-hybridized carbons (Fsp3) is 0.417. The molecule has 0 saturated carbocycles. The summed E-state index contributed by atoms with van der Waals surface area (Å²) in [7, 11) is 1.75. The van der Waals surface area contributed by atoms with Crippen LogP contribution in [0.1, 0.15) is 34.3 Å². The highest BCUT2D eigenvalue weighted by atomic mass is 19.1. The minimum atomic E-state index is -0.869. The highest BCUT2D eigenvalue weighted by Gasteiger charge is 2.30. The number of likely N-dealkylation sites (tertiary alicyclic amines) is 1. The molecule has 1 aliphatic heterocycles. The number of likely N-dealkylation sites (N-methyl/N-ethyl adjacent to an activating group) is 1. The molecule has 1 aliphatic rings. The summed E-state index contributed by atoms with van der Waals surface area (Å²) >= 11 is 0. The molecule has 1 fully saturated rings. The first-order chi connectivity index (χ1) is 14.7. The summed E-state index contributed by atoms with van der Waals surface area (Å²) in [5.74, 6) is -1.44. The maximum atomic E-state index is 13.9. The van der Waals surface area contributed by atoms with Crippen molar-refractivity contribution in [2.24, 2.45) is 5.92 Å². The van der Waals surface area contributed by atoms with Gasteiger partial charge in [0.25, 0.3) is 5.91 Å². The molecule has 0 radical (unpaired) electrons. The van der Waals surface area contributed by atoms with Gasteiger partial charge < -0.3 is 14.5 Å². The molecule has 0 aliphatic carbocycles. The topological polar surface area (TPSA) is 49.9 Å². The zero-order valence-corrected chi connectivity index (χ0v) is 18.2. The van der Waals surface area contributed by atoms with E-state index in [1.54, 1.807) is 11.9 Å². The molecule has 0 atom stereocenters. The third-order valence-electron chi connectivity index (χ3n) is 5.56. The van der Waals surface area contributed by atoms with Gasteiger partial charge >= 0.3 is 0 Å². The van der Waals surface area contributed by atoms with Gasteiger partial charge in [-0.2, -0.15) is 0 Å². The van der Waals surface area contributed by atoms with E-state index in [1.165, 1.54) is 4.90 Å². The first kappa shape index (κ1) is 22.7. The van der Waals surface area contributed by atoms with Crippen LogP contribution in [0.2, 0.25) is 0 Å². The van der Waals surface area contributed by atoms with Crippen LogP contribution in [-0.4, -0.2) is 54.9 Å². The fourth-order valence-corrected chi connectivity index (χ4v) is 3.90. The van der Waals surface area contributed by atoms with E-state index in [2.05, 4.69) is 6.07 Å². The Morgan fingerprint density at radius 2 is 1.71 bits per heavy atom. The van der Waals surface area contributed by atoms with Crippen molar-refractivity contribution < 1.29 is 23.1 Å². The fourth-order valence-electron chi connectivity index (χ4n) is 3.90. The van der Waals surface area contributed by atoms with Crippen LogP contribution >= 0.6 is 0 Å². The van der Waals surface area contributed by atoms with Gasteiger partial charge in [-0.3, -0.25) is 9.59 Å². The third kappa shape index (κ3) is 5.81. The summed E-state index contributed by atoms with van der Waals surface area (Å²) in [6.45, 7) is 5.60. The number of rotatable bonds is 6. The zero-order valence-electron chi connectivity index (χ0n) is 18.2. The Morgan fingerprint density at radius 3 is 2.32 bits per heavy atom. The number of hydrogen-bond acceptors (Lipinski definition) is 3. The molecule has 1 saturated heterocycles. The lowest BCUT2D eigenvalue weighted by molar-refractivity contribution is -0.135. The Kier molecular flexibility index (Phi) is 7.25. The summed E-state index contributed by atoms with van der Waals surface area (Å²) in [6.07, 6.45) is 1.02. The maximum absolute atomic E-state index is 13.9. The first-order valence-corrected chi connectivity index (χ1v) is 10.4. The minimum Gasteiger partial charge on any atom is -0.492 e. The Balaban J connectivity index is 1.47. The van der Waals surface area contributed by atoms with Crippen molar-refractivity contribution in [1.82, 2.24) is 9.80 Å². The minimum absolute atomic E-state index is 0.0177. The van der Waals surface area contributed by atoms with Crippen molar-refractivity contribution in [3.8, 4) is 5.75 Å². The van der Waals surface area contributed by atoms with E-state index in [4.69, 9.17) is 4.74 Å². The molecule has 0 spiro atoms. The van der Waals surface area contributed by atoms with Crippen molar-refractivity contribution in [3.05, 3.63) is 64.7 Å². The number of ether oxygens (including phenoxy) is 1. The second-order valence-electron chi connectivity index (χ2n) is 8.12. The molecule has 0 unspecified atom stereocenters. The lowest BCUT2D eigenvalue weighted by atomic mass is 9.95. The van der Waals surface area contributed by atoms with E-state index >= 15 is 0 Å². The summed E-state index contributed by atoms with van der Waals surface area (Å²) in [4.78, 5) is 28.4. The van der Waals surface area contributed by atoms with Crippen LogP contribution in [0.4, 0.5) is 8.78 Å². The first-order valence-electron chi connectivity index (χ1n) is 10.4. The largest absolute Gasteiger partial charge is 0.492 e. The van der Waals surface area contributed by atoms with E-state index in [0.29, 0.717) is 45.1 Å². The number of halogens is 2. The lowest BCUT2D eigenvalue weighted by Crippen LogP contribution is -2.44. The quantitative estimate of drug-likeness (QED) is 0.697. The molecule has 2 aromatic rings. The number of carbonyl (C=O) groups is 2. The molecule has 0 N–H and O–H groups in total. The summed E-state index contributed by atoms with van der Waals surface area (Å²) in [6, 6.07) is 8.94. The highest BCUT2D eigenvalue weighted by Crippen LogP contribution is 2.22. The molecular weight excluding hydrogens is 402 g/mol. The summed E-state index contributed by atoms with van der Waals surface area (Å²) < 4.78 is 32.7. The van der Waals surface area contributed by atoms with Crippen LogP contribution in [0.5, 0.6) is 5.75 Å². The maximum Gasteiger partial charge on any atom is 0.256 e. The molecule has 7 heteroatoms. The van der Waals surface area contributed by atoms with Gasteiger partial charge in [0.05, 0.1) is 12.1 Å². The second-order valence-corrected chi connectivity index (χ2v) is 8.12. The molecule has 2 amide bonds. The summed E-state index contributed by atoms with van der Waals surface area (Å²) in [5.41, 5.74) is 2.11. The van der Waals surface area contributed by atoms with Gasteiger partial charge in [0, 0.05) is 32.1 Å². The number of hydrogen-bond donors (Lipinski definition) is 0. The number of benzene rings is 2. The Hall–Kier alpha value is -2.96. The van der Waals surface area contributed by atoms with E-state index in [0.717, 1.165) is 29.0 Å². The van der Waals surface area contributed by atoms with Crippen molar-refractivity contribution >= 4 is 11.8 Å². The van der Waals surface area contributed by atoms with Crippen LogP contribution in [-0.2, 0) is 4.79 Å². The van der Waals surface area contributed by atoms with Gasteiger partial charge in [0.15, 0.2) is 0 Å². The van der Waals surface area contributed by atoms with Gasteiger partial charge in [-0.1, -0.05) is 6.07 Å². The van der Waals surface area contributed by atoms with E-state index in [9.17, 15) is 18.4 Å². The van der Waals surface area contributed by atoms with Crippen molar-refractivity contribution in [2.45, 2.75) is 26.7 Å². The van der Waals surface area contributed by atoms with Gasteiger partial charge in [-0.05, 0) is 62.1 Å². The number of nitrogens with zero attached hydrogens (tertiary/aromatic N) is 2. The van der Waals surface area contributed by atoms with Gasteiger partial charge in [-0.15, -0.1) is 0 Å². The highest BCUT2D eigenvalue weighted by molar-refractivity contribution is 5.94. The molecule has 1 heterocycles. The van der Waals surface area contributed by atoms with E-state index in [-0.39, 0.29) is 17.4 Å². The monoisotopic (exact) mass is 430 g/mol.